The molecule has 120 valence electrons. The van der Waals surface area contributed by atoms with E-state index >= 15 is 0 Å². The fraction of sp³-hybridized carbons (Fsp3) is 0.533. The number of rotatable bonds is 6. The summed E-state index contributed by atoms with van der Waals surface area (Å²) >= 11 is 5.29. The Hall–Kier alpha value is -1.89. The van der Waals surface area contributed by atoms with Gasteiger partial charge < -0.3 is 10.6 Å². The normalized spacial score (nSPS) is 10.7. The van der Waals surface area contributed by atoms with E-state index < -0.39 is 0 Å². The monoisotopic (exact) mass is 320 g/mol. The molecule has 0 aliphatic carbocycles. The van der Waals surface area contributed by atoms with Gasteiger partial charge >= 0.3 is 0 Å². The van der Waals surface area contributed by atoms with Gasteiger partial charge in [-0.2, -0.15) is 10.2 Å². The molecule has 0 aliphatic rings. The standard InChI is InChI=1S/C15H24N6S/c1-11-8-12(2)21(18-11)7-5-6-16-15(22)17-9-14-10-20(4)19-13(14)3/h8,10H,5-7,9H2,1-4H3,(H2,16,17,22). The van der Waals surface area contributed by atoms with Crippen molar-refractivity contribution in [2.45, 2.75) is 40.3 Å². The number of aromatic nitrogens is 4. The van der Waals surface area contributed by atoms with Crippen molar-refractivity contribution in [1.82, 2.24) is 30.2 Å². The molecule has 0 bridgehead atoms. The second-order valence-electron chi connectivity index (χ2n) is 5.53. The molecule has 2 heterocycles. The minimum absolute atomic E-state index is 0.677. The Labute approximate surface area is 136 Å². The highest BCUT2D eigenvalue weighted by Crippen LogP contribution is 2.04. The van der Waals surface area contributed by atoms with Gasteiger partial charge in [-0.1, -0.05) is 0 Å². The first-order valence-electron chi connectivity index (χ1n) is 7.47. The molecule has 0 spiro atoms. The van der Waals surface area contributed by atoms with Crippen LogP contribution < -0.4 is 10.6 Å². The number of thiocarbonyl (C=S) groups is 1. The average molecular weight is 320 g/mol. The van der Waals surface area contributed by atoms with Crippen molar-refractivity contribution in [3.63, 3.8) is 0 Å². The van der Waals surface area contributed by atoms with E-state index in [1.165, 1.54) is 5.69 Å². The van der Waals surface area contributed by atoms with Crippen LogP contribution in [0.4, 0.5) is 0 Å². The van der Waals surface area contributed by atoms with E-state index in [-0.39, 0.29) is 0 Å². The second kappa shape index (κ2) is 7.40. The molecule has 0 saturated carbocycles. The Morgan fingerprint density at radius 2 is 2.00 bits per heavy atom. The molecule has 22 heavy (non-hydrogen) atoms. The Morgan fingerprint density at radius 3 is 2.59 bits per heavy atom. The van der Waals surface area contributed by atoms with Gasteiger partial charge in [-0.3, -0.25) is 9.36 Å². The Balaban J connectivity index is 1.65. The molecule has 0 unspecified atom stereocenters. The molecule has 0 saturated heterocycles. The summed E-state index contributed by atoms with van der Waals surface area (Å²) in [6.45, 7) is 8.52. The maximum Gasteiger partial charge on any atom is 0.166 e. The molecule has 0 aromatic carbocycles. The molecule has 2 aromatic rings. The maximum atomic E-state index is 5.29. The molecule has 2 N–H and O–H groups in total. The van der Waals surface area contributed by atoms with Gasteiger partial charge in [0.25, 0.3) is 0 Å². The summed E-state index contributed by atoms with van der Waals surface area (Å²) in [6.07, 6.45) is 2.99. The molecule has 0 atom stereocenters. The fourth-order valence-corrected chi connectivity index (χ4v) is 2.57. The Kier molecular flexibility index (Phi) is 5.54. The lowest BCUT2D eigenvalue weighted by Gasteiger charge is -2.10. The summed E-state index contributed by atoms with van der Waals surface area (Å²) in [5, 5.41) is 15.9. The zero-order chi connectivity index (χ0) is 16.1. The van der Waals surface area contributed by atoms with E-state index in [9.17, 15) is 0 Å². The van der Waals surface area contributed by atoms with Gasteiger partial charge in [-0.25, -0.2) is 0 Å². The molecular weight excluding hydrogens is 296 g/mol. The van der Waals surface area contributed by atoms with Gasteiger partial charge in [0.1, 0.15) is 0 Å². The lowest BCUT2D eigenvalue weighted by Crippen LogP contribution is -2.35. The van der Waals surface area contributed by atoms with Gasteiger partial charge in [0.2, 0.25) is 0 Å². The molecular formula is C15H24N6S. The van der Waals surface area contributed by atoms with Crippen LogP contribution in [0.2, 0.25) is 0 Å². The third-order valence-electron chi connectivity index (χ3n) is 3.49. The first-order chi connectivity index (χ1) is 10.5. The van der Waals surface area contributed by atoms with Crippen LogP contribution in [0.1, 0.15) is 29.1 Å². The molecule has 2 rings (SSSR count). The van der Waals surface area contributed by atoms with Gasteiger partial charge in [0.05, 0.1) is 11.4 Å². The van der Waals surface area contributed by atoms with Crippen LogP contribution in [-0.2, 0) is 20.1 Å². The number of hydrogen-bond acceptors (Lipinski definition) is 3. The Bertz CT molecular complexity index is 642. The summed E-state index contributed by atoms with van der Waals surface area (Å²) in [6, 6.07) is 2.09. The number of aryl methyl sites for hydroxylation is 5. The van der Waals surface area contributed by atoms with Crippen LogP contribution in [0.5, 0.6) is 0 Å². The quantitative estimate of drug-likeness (QED) is 0.625. The smallest absolute Gasteiger partial charge is 0.166 e. The van der Waals surface area contributed by atoms with Crippen LogP contribution in [0.3, 0.4) is 0 Å². The largest absolute Gasteiger partial charge is 0.363 e. The molecule has 6 nitrogen and oxygen atoms in total. The average Bonchev–Trinajstić information content (AvgIpc) is 2.94. The van der Waals surface area contributed by atoms with E-state index in [4.69, 9.17) is 12.2 Å². The highest BCUT2D eigenvalue weighted by molar-refractivity contribution is 7.80. The predicted molar refractivity (Wildman–Crippen MR) is 91.7 cm³/mol. The summed E-state index contributed by atoms with van der Waals surface area (Å²) in [4.78, 5) is 0. The highest BCUT2D eigenvalue weighted by Gasteiger charge is 2.04. The SMILES string of the molecule is Cc1cc(C)n(CCCNC(=S)NCc2cn(C)nc2C)n1. The van der Waals surface area contributed by atoms with Crippen LogP contribution >= 0.6 is 12.2 Å². The van der Waals surface area contributed by atoms with Crippen molar-refractivity contribution in [3.05, 3.63) is 34.9 Å². The second-order valence-corrected chi connectivity index (χ2v) is 5.93. The van der Waals surface area contributed by atoms with Gasteiger partial charge in [0, 0.05) is 44.1 Å². The van der Waals surface area contributed by atoms with Crippen molar-refractivity contribution in [3.8, 4) is 0 Å². The van der Waals surface area contributed by atoms with Crippen molar-refractivity contribution < 1.29 is 0 Å². The lowest BCUT2D eigenvalue weighted by atomic mass is 10.3. The topological polar surface area (TPSA) is 59.7 Å². The zero-order valence-corrected chi connectivity index (χ0v) is 14.5. The number of nitrogens with one attached hydrogen (secondary N) is 2. The van der Waals surface area contributed by atoms with Gasteiger partial charge in [-0.05, 0) is 45.5 Å². The molecule has 0 amide bonds. The van der Waals surface area contributed by atoms with Crippen LogP contribution in [0, 0.1) is 20.8 Å². The predicted octanol–water partition coefficient (Wildman–Crippen LogP) is 1.60. The summed E-state index contributed by atoms with van der Waals surface area (Å²) < 4.78 is 3.85. The molecule has 0 radical (unpaired) electrons. The van der Waals surface area contributed by atoms with Crippen molar-refractivity contribution in [1.29, 1.82) is 0 Å². The fourth-order valence-electron chi connectivity index (χ4n) is 2.39. The van der Waals surface area contributed by atoms with E-state index in [0.717, 1.165) is 36.5 Å². The molecule has 0 aliphatic heterocycles. The maximum absolute atomic E-state index is 5.29. The first-order valence-corrected chi connectivity index (χ1v) is 7.88. The first kappa shape index (κ1) is 16.5. The van der Waals surface area contributed by atoms with E-state index in [1.807, 2.05) is 36.5 Å². The highest BCUT2D eigenvalue weighted by atomic mass is 32.1. The molecule has 2 aromatic heterocycles. The van der Waals surface area contributed by atoms with Crippen molar-refractivity contribution in [2.24, 2.45) is 7.05 Å². The minimum atomic E-state index is 0.677. The van der Waals surface area contributed by atoms with Crippen LogP contribution in [0.15, 0.2) is 12.3 Å². The molecule has 0 fully saturated rings. The van der Waals surface area contributed by atoms with Crippen LogP contribution in [0.25, 0.3) is 0 Å². The van der Waals surface area contributed by atoms with E-state index in [2.05, 4.69) is 33.8 Å². The van der Waals surface area contributed by atoms with E-state index in [0.29, 0.717) is 11.7 Å². The third kappa shape index (κ3) is 4.56. The number of hydrogen-bond donors (Lipinski definition) is 2. The van der Waals surface area contributed by atoms with Crippen molar-refractivity contribution in [2.75, 3.05) is 6.54 Å². The zero-order valence-electron chi connectivity index (χ0n) is 13.7. The summed E-state index contributed by atoms with van der Waals surface area (Å²) in [7, 11) is 1.92. The van der Waals surface area contributed by atoms with Crippen LogP contribution in [-0.4, -0.2) is 31.2 Å². The lowest BCUT2D eigenvalue weighted by molar-refractivity contribution is 0.556. The number of nitrogens with zero attached hydrogens (tertiary/aromatic N) is 4. The van der Waals surface area contributed by atoms with Crippen molar-refractivity contribution >= 4 is 17.3 Å². The minimum Gasteiger partial charge on any atom is -0.363 e. The Morgan fingerprint density at radius 1 is 1.23 bits per heavy atom. The van der Waals surface area contributed by atoms with Gasteiger partial charge in [0.15, 0.2) is 5.11 Å². The third-order valence-corrected chi connectivity index (χ3v) is 3.78. The summed E-state index contributed by atoms with van der Waals surface area (Å²) in [5.74, 6) is 0. The summed E-state index contributed by atoms with van der Waals surface area (Å²) in [5.41, 5.74) is 4.45. The molecule has 7 heteroatoms. The van der Waals surface area contributed by atoms with Gasteiger partial charge in [-0.15, -0.1) is 0 Å². The van der Waals surface area contributed by atoms with E-state index in [1.54, 1.807) is 0 Å².